The maximum absolute atomic E-state index is 11.4. The van der Waals surface area contributed by atoms with Crippen molar-refractivity contribution >= 4 is 6.09 Å². The Morgan fingerprint density at radius 3 is 2.65 bits per heavy atom. The second-order valence-corrected chi connectivity index (χ2v) is 6.34. The Morgan fingerprint density at radius 1 is 1.35 bits per heavy atom. The highest BCUT2D eigenvalue weighted by atomic mass is 16.5. The van der Waals surface area contributed by atoms with E-state index in [1.165, 1.54) is 6.42 Å². The van der Waals surface area contributed by atoms with Gasteiger partial charge in [0.05, 0.1) is 6.61 Å². The molecule has 3 nitrogen and oxygen atoms in total. The summed E-state index contributed by atoms with van der Waals surface area (Å²) in [5.41, 5.74) is 0.523. The fourth-order valence-electron chi connectivity index (χ4n) is 2.78. The van der Waals surface area contributed by atoms with Crippen LogP contribution in [-0.2, 0) is 4.74 Å². The second kappa shape index (κ2) is 5.74. The van der Waals surface area contributed by atoms with Gasteiger partial charge in [0.15, 0.2) is 0 Å². The number of alkyl carbamates (subject to hydrolysis) is 1. The quantitative estimate of drug-likeness (QED) is 0.816. The number of hydrogen-bond donors (Lipinski definition) is 1. The normalized spacial score (nSPS) is 27.5. The molecule has 0 aliphatic heterocycles. The maximum atomic E-state index is 11.4. The summed E-state index contributed by atoms with van der Waals surface area (Å²) >= 11 is 0. The van der Waals surface area contributed by atoms with E-state index in [-0.39, 0.29) is 11.5 Å². The van der Waals surface area contributed by atoms with E-state index in [1.807, 2.05) is 6.92 Å². The van der Waals surface area contributed by atoms with Gasteiger partial charge in [-0.15, -0.1) is 0 Å². The number of hydrogen-bond acceptors (Lipinski definition) is 2. The molecule has 3 heteroatoms. The van der Waals surface area contributed by atoms with Gasteiger partial charge < -0.3 is 10.1 Å². The van der Waals surface area contributed by atoms with Crippen LogP contribution < -0.4 is 5.32 Å². The van der Waals surface area contributed by atoms with Crippen LogP contribution >= 0.6 is 0 Å². The summed E-state index contributed by atoms with van der Waals surface area (Å²) in [5, 5.41) is 2.88. The summed E-state index contributed by atoms with van der Waals surface area (Å²) in [6.07, 6.45) is 6.32. The molecule has 1 atom stereocenters. The number of carbonyl (C=O) groups excluding carboxylic acids is 1. The van der Waals surface area contributed by atoms with Gasteiger partial charge in [-0.1, -0.05) is 27.7 Å². The topological polar surface area (TPSA) is 38.3 Å². The number of rotatable bonds is 4. The molecule has 0 saturated heterocycles. The molecule has 1 amide bonds. The smallest absolute Gasteiger partial charge is 0.407 e. The van der Waals surface area contributed by atoms with Gasteiger partial charge in [0.1, 0.15) is 0 Å². The number of nitrogens with one attached hydrogen (secondary N) is 1. The van der Waals surface area contributed by atoms with Crippen molar-refractivity contribution in [1.82, 2.24) is 5.32 Å². The summed E-state index contributed by atoms with van der Waals surface area (Å²) in [6, 6.07) is 0. The molecule has 1 N–H and O–H groups in total. The van der Waals surface area contributed by atoms with Crippen molar-refractivity contribution in [2.24, 2.45) is 10.8 Å². The van der Waals surface area contributed by atoms with Crippen LogP contribution in [0, 0.1) is 17.3 Å². The number of ether oxygens (including phenoxy) is 1. The van der Waals surface area contributed by atoms with Crippen molar-refractivity contribution in [3.05, 3.63) is 6.42 Å². The van der Waals surface area contributed by atoms with Gasteiger partial charge in [0.25, 0.3) is 0 Å². The third kappa shape index (κ3) is 4.97. The average molecular weight is 240 g/mol. The van der Waals surface area contributed by atoms with Crippen molar-refractivity contribution in [2.45, 2.75) is 53.4 Å². The van der Waals surface area contributed by atoms with E-state index in [0.717, 1.165) is 19.3 Å². The second-order valence-electron chi connectivity index (χ2n) is 6.34. The van der Waals surface area contributed by atoms with Crippen molar-refractivity contribution in [1.29, 1.82) is 0 Å². The minimum atomic E-state index is -0.281. The molecule has 1 rings (SSSR count). The molecule has 0 bridgehead atoms. The SMILES string of the molecule is CCCOC(=O)NCC1(C)C[CH]CC(C)(C)C1. The molecule has 0 aromatic rings. The van der Waals surface area contributed by atoms with Crippen molar-refractivity contribution in [3.8, 4) is 0 Å². The minimum absolute atomic E-state index is 0.174. The Kier molecular flexibility index (Phi) is 4.84. The predicted molar refractivity (Wildman–Crippen MR) is 69.7 cm³/mol. The Labute approximate surface area is 105 Å². The molecule has 1 saturated carbocycles. The molecule has 1 unspecified atom stereocenters. The molecule has 0 heterocycles. The summed E-state index contributed by atoms with van der Waals surface area (Å²) < 4.78 is 5.02. The molecule has 1 radical (unpaired) electrons. The van der Waals surface area contributed by atoms with Crippen LogP contribution in [0.1, 0.15) is 53.4 Å². The lowest BCUT2D eigenvalue weighted by Crippen LogP contribution is -2.41. The Balaban J connectivity index is 2.36. The Bertz CT molecular complexity index is 263. The molecule has 1 aliphatic rings. The predicted octanol–water partition coefficient (Wildman–Crippen LogP) is 3.54. The number of amides is 1. The van der Waals surface area contributed by atoms with E-state index in [1.54, 1.807) is 0 Å². The van der Waals surface area contributed by atoms with Gasteiger partial charge in [-0.05, 0) is 42.9 Å². The molecule has 1 aliphatic carbocycles. The van der Waals surface area contributed by atoms with E-state index in [4.69, 9.17) is 4.74 Å². The van der Waals surface area contributed by atoms with Crippen molar-refractivity contribution in [3.63, 3.8) is 0 Å². The summed E-state index contributed by atoms with van der Waals surface area (Å²) in [6.45, 7) is 10.0. The zero-order valence-electron chi connectivity index (χ0n) is 11.6. The van der Waals surface area contributed by atoms with Gasteiger partial charge in [-0.3, -0.25) is 0 Å². The summed E-state index contributed by atoms with van der Waals surface area (Å²) in [7, 11) is 0. The van der Waals surface area contributed by atoms with E-state index < -0.39 is 0 Å². The van der Waals surface area contributed by atoms with E-state index >= 15 is 0 Å². The highest BCUT2D eigenvalue weighted by molar-refractivity contribution is 5.67. The molecule has 0 aromatic carbocycles. The first-order valence-electron chi connectivity index (χ1n) is 6.59. The fourth-order valence-corrected chi connectivity index (χ4v) is 2.78. The van der Waals surface area contributed by atoms with Gasteiger partial charge >= 0.3 is 6.09 Å². The van der Waals surface area contributed by atoms with Gasteiger partial charge in [0, 0.05) is 6.54 Å². The largest absolute Gasteiger partial charge is 0.450 e. The summed E-state index contributed by atoms with van der Waals surface area (Å²) in [4.78, 5) is 11.4. The van der Waals surface area contributed by atoms with E-state index in [9.17, 15) is 4.79 Å². The van der Waals surface area contributed by atoms with Crippen LogP contribution in [0.15, 0.2) is 0 Å². The maximum Gasteiger partial charge on any atom is 0.407 e. The van der Waals surface area contributed by atoms with Gasteiger partial charge in [0.2, 0.25) is 0 Å². The molecule has 17 heavy (non-hydrogen) atoms. The minimum Gasteiger partial charge on any atom is -0.450 e. The van der Waals surface area contributed by atoms with Crippen molar-refractivity contribution < 1.29 is 9.53 Å². The van der Waals surface area contributed by atoms with Crippen LogP contribution in [0.25, 0.3) is 0 Å². The highest BCUT2D eigenvalue weighted by Gasteiger charge is 2.36. The Hall–Kier alpha value is -0.730. The lowest BCUT2D eigenvalue weighted by Gasteiger charge is -2.42. The molecule has 1 fully saturated rings. The van der Waals surface area contributed by atoms with Gasteiger partial charge in [-0.2, -0.15) is 0 Å². The van der Waals surface area contributed by atoms with E-state index in [2.05, 4.69) is 32.5 Å². The van der Waals surface area contributed by atoms with Crippen LogP contribution in [0.2, 0.25) is 0 Å². The standard InChI is InChI=1S/C14H26NO2/c1-5-9-17-12(16)15-11-14(4)8-6-7-13(2,3)10-14/h6H,5,7-11H2,1-4H3,(H,15,16). The Morgan fingerprint density at radius 2 is 2.06 bits per heavy atom. The third-order valence-electron chi connectivity index (χ3n) is 3.34. The lowest BCUT2D eigenvalue weighted by molar-refractivity contribution is 0.113. The first kappa shape index (κ1) is 14.3. The van der Waals surface area contributed by atoms with Crippen LogP contribution in [0.3, 0.4) is 0 Å². The first-order valence-corrected chi connectivity index (χ1v) is 6.59. The number of carbonyl (C=O) groups is 1. The summed E-state index contributed by atoms with van der Waals surface area (Å²) in [5.74, 6) is 0. The molecule has 99 valence electrons. The molecular weight excluding hydrogens is 214 g/mol. The average Bonchev–Trinajstić information content (AvgIpc) is 2.22. The molecular formula is C14H26NO2. The van der Waals surface area contributed by atoms with Crippen LogP contribution in [0.4, 0.5) is 4.79 Å². The third-order valence-corrected chi connectivity index (χ3v) is 3.34. The molecule has 0 aromatic heterocycles. The lowest BCUT2D eigenvalue weighted by atomic mass is 9.64. The monoisotopic (exact) mass is 240 g/mol. The zero-order chi connectivity index (χ0) is 12.9. The first-order chi connectivity index (χ1) is 7.87. The van der Waals surface area contributed by atoms with Crippen molar-refractivity contribution in [2.75, 3.05) is 13.2 Å². The molecule has 0 spiro atoms. The zero-order valence-corrected chi connectivity index (χ0v) is 11.6. The van der Waals surface area contributed by atoms with Crippen LogP contribution in [0.5, 0.6) is 0 Å². The highest BCUT2D eigenvalue weighted by Crippen LogP contribution is 2.44. The fraction of sp³-hybridized carbons (Fsp3) is 0.857. The van der Waals surface area contributed by atoms with E-state index in [0.29, 0.717) is 18.6 Å². The van der Waals surface area contributed by atoms with Crippen LogP contribution in [-0.4, -0.2) is 19.2 Å². The van der Waals surface area contributed by atoms with Gasteiger partial charge in [-0.25, -0.2) is 4.79 Å².